The summed E-state index contributed by atoms with van der Waals surface area (Å²) in [4.78, 5) is 28.2. The quantitative estimate of drug-likeness (QED) is 0.731. The average Bonchev–Trinajstić information content (AvgIpc) is 3.05. The third-order valence-corrected chi connectivity index (χ3v) is 6.38. The van der Waals surface area contributed by atoms with Gasteiger partial charge in [0.1, 0.15) is 4.90 Å². The monoisotopic (exact) mass is 428 g/mol. The summed E-state index contributed by atoms with van der Waals surface area (Å²) >= 11 is 0. The van der Waals surface area contributed by atoms with Crippen LogP contribution in [0.25, 0.3) is 0 Å². The number of rotatable bonds is 2. The number of hydrogen-bond acceptors (Lipinski definition) is 6. The van der Waals surface area contributed by atoms with E-state index in [9.17, 15) is 18.0 Å². The van der Waals surface area contributed by atoms with Crippen molar-refractivity contribution in [3.8, 4) is 0 Å². The first-order valence-corrected chi connectivity index (χ1v) is 10.8. The second-order valence-electron chi connectivity index (χ2n) is 6.83. The number of amides is 2. The van der Waals surface area contributed by atoms with Crippen LogP contribution in [0.1, 0.15) is 15.9 Å². The highest BCUT2D eigenvalue weighted by atomic mass is 32.2. The number of nitrogens with zero attached hydrogens (tertiary/aromatic N) is 3. The van der Waals surface area contributed by atoms with Gasteiger partial charge in [-0.2, -0.15) is 8.42 Å². The molecule has 0 saturated carbocycles. The number of para-hydroxylation sites is 1. The molecule has 4 rings (SSSR count). The summed E-state index contributed by atoms with van der Waals surface area (Å²) in [6.07, 6.45) is 0. The van der Waals surface area contributed by atoms with Crippen LogP contribution in [0.4, 0.5) is 10.5 Å². The lowest BCUT2D eigenvalue weighted by atomic mass is 10.1. The number of sulfonamides is 1. The molecule has 0 unspecified atom stereocenters. The Bertz CT molecular complexity index is 1140. The lowest BCUT2D eigenvalue weighted by molar-refractivity contribution is 0.0602. The minimum Gasteiger partial charge on any atom is -0.465 e. The van der Waals surface area contributed by atoms with E-state index < -0.39 is 16.0 Å². The number of esters is 1. The molecule has 10 heteroatoms. The van der Waals surface area contributed by atoms with E-state index in [4.69, 9.17) is 4.74 Å². The van der Waals surface area contributed by atoms with Gasteiger partial charge in [-0.3, -0.25) is 0 Å². The fourth-order valence-electron chi connectivity index (χ4n) is 3.51. The van der Waals surface area contributed by atoms with E-state index >= 15 is 0 Å². The highest BCUT2D eigenvalue weighted by molar-refractivity contribution is 7.90. The highest BCUT2D eigenvalue weighted by Crippen LogP contribution is 2.28. The van der Waals surface area contributed by atoms with E-state index in [1.54, 1.807) is 53.4 Å². The number of carbonyl (C=O) groups is 2. The van der Waals surface area contributed by atoms with Crippen LogP contribution in [0.3, 0.4) is 0 Å². The predicted molar refractivity (Wildman–Crippen MR) is 110 cm³/mol. The van der Waals surface area contributed by atoms with Crippen LogP contribution >= 0.6 is 0 Å². The zero-order valence-corrected chi connectivity index (χ0v) is 17.1. The number of methoxy groups -OCH3 is 1. The largest absolute Gasteiger partial charge is 0.465 e. The number of amidine groups is 1. The Morgan fingerprint density at radius 2 is 1.67 bits per heavy atom. The third kappa shape index (κ3) is 3.61. The SMILES string of the molecule is COC(=O)c1ccccc1NC(=O)N1CCN(C2=NS(=O)(=O)c3ccccc32)CC1. The van der Waals surface area contributed by atoms with E-state index in [2.05, 4.69) is 9.71 Å². The zero-order valence-electron chi connectivity index (χ0n) is 16.2. The summed E-state index contributed by atoms with van der Waals surface area (Å²) in [5.74, 6) is -0.114. The molecule has 2 aliphatic heterocycles. The molecule has 0 aliphatic carbocycles. The summed E-state index contributed by atoms with van der Waals surface area (Å²) in [7, 11) is -2.40. The van der Waals surface area contributed by atoms with Crippen LogP contribution in [0, 0.1) is 0 Å². The van der Waals surface area contributed by atoms with Crippen molar-refractivity contribution in [2.75, 3.05) is 38.6 Å². The number of urea groups is 1. The summed E-state index contributed by atoms with van der Waals surface area (Å²) in [6, 6.07) is 13.0. The fraction of sp³-hybridized carbons (Fsp3) is 0.250. The van der Waals surface area contributed by atoms with Gasteiger partial charge in [0.2, 0.25) is 0 Å². The van der Waals surface area contributed by atoms with E-state index in [-0.39, 0.29) is 16.5 Å². The average molecular weight is 428 g/mol. The number of ether oxygens (including phenoxy) is 1. The Balaban J connectivity index is 1.44. The van der Waals surface area contributed by atoms with E-state index in [0.29, 0.717) is 43.3 Å². The first-order chi connectivity index (χ1) is 14.4. The van der Waals surface area contributed by atoms with Gasteiger partial charge >= 0.3 is 12.0 Å². The summed E-state index contributed by atoms with van der Waals surface area (Å²) in [5.41, 5.74) is 1.23. The molecule has 2 aromatic rings. The third-order valence-electron chi connectivity index (χ3n) is 5.05. The Kier molecular flexibility index (Phi) is 5.17. The van der Waals surface area contributed by atoms with Crippen molar-refractivity contribution in [2.45, 2.75) is 4.90 Å². The maximum Gasteiger partial charge on any atom is 0.339 e. The number of carbonyl (C=O) groups excluding carboxylic acids is 2. The van der Waals surface area contributed by atoms with Crippen molar-refractivity contribution in [1.82, 2.24) is 9.80 Å². The molecule has 0 bridgehead atoms. The van der Waals surface area contributed by atoms with E-state index in [1.807, 2.05) is 4.90 Å². The molecule has 2 heterocycles. The Morgan fingerprint density at radius 1 is 1.00 bits per heavy atom. The number of hydrogen-bond donors (Lipinski definition) is 1. The summed E-state index contributed by atoms with van der Waals surface area (Å²) < 4.78 is 33.2. The summed E-state index contributed by atoms with van der Waals surface area (Å²) in [5, 5.41) is 2.75. The zero-order chi connectivity index (χ0) is 21.3. The lowest BCUT2D eigenvalue weighted by Gasteiger charge is -2.35. The fourth-order valence-corrected chi connectivity index (χ4v) is 4.74. The second-order valence-corrected chi connectivity index (χ2v) is 8.40. The normalized spacial score (nSPS) is 17.2. The Hall–Kier alpha value is -3.40. The topological polar surface area (TPSA) is 108 Å². The molecule has 0 atom stereocenters. The van der Waals surface area contributed by atoms with Crippen LogP contribution in [-0.2, 0) is 14.8 Å². The van der Waals surface area contributed by atoms with Crippen LogP contribution in [0.5, 0.6) is 0 Å². The molecule has 1 fully saturated rings. The molecular formula is C20H20N4O5S. The number of anilines is 1. The molecule has 2 aliphatic rings. The summed E-state index contributed by atoms with van der Waals surface area (Å²) in [6.45, 7) is 1.64. The minimum absolute atomic E-state index is 0.208. The Labute approximate surface area is 174 Å². The highest BCUT2D eigenvalue weighted by Gasteiger charge is 2.33. The minimum atomic E-state index is -3.68. The maximum atomic E-state index is 12.7. The van der Waals surface area contributed by atoms with Gasteiger partial charge in [0.15, 0.2) is 5.84 Å². The molecule has 2 amide bonds. The van der Waals surface area contributed by atoms with Crippen molar-refractivity contribution in [2.24, 2.45) is 4.40 Å². The first-order valence-electron chi connectivity index (χ1n) is 9.33. The maximum absolute atomic E-state index is 12.7. The van der Waals surface area contributed by atoms with Crippen LogP contribution in [0.15, 0.2) is 57.8 Å². The molecule has 30 heavy (non-hydrogen) atoms. The molecule has 1 saturated heterocycles. The first kappa shape index (κ1) is 19.9. The number of benzene rings is 2. The van der Waals surface area contributed by atoms with Gasteiger partial charge in [-0.1, -0.05) is 24.3 Å². The smallest absolute Gasteiger partial charge is 0.339 e. The van der Waals surface area contributed by atoms with Crippen molar-refractivity contribution in [3.05, 3.63) is 59.7 Å². The van der Waals surface area contributed by atoms with Crippen molar-refractivity contribution in [3.63, 3.8) is 0 Å². The number of fused-ring (bicyclic) bond motifs is 1. The standard InChI is InChI=1S/C20H20N4O5S/c1-29-19(25)14-6-2-4-8-16(14)21-20(26)24-12-10-23(11-13-24)18-15-7-3-5-9-17(15)30(27,28)22-18/h2-9H,10-13H2,1H3,(H,21,26). The van der Waals surface area contributed by atoms with Crippen molar-refractivity contribution < 1.29 is 22.7 Å². The second kappa shape index (κ2) is 7.79. The number of nitrogens with one attached hydrogen (secondary N) is 1. The van der Waals surface area contributed by atoms with Crippen LogP contribution in [0.2, 0.25) is 0 Å². The van der Waals surface area contributed by atoms with Gasteiger partial charge in [-0.15, -0.1) is 4.40 Å². The van der Waals surface area contributed by atoms with Gasteiger partial charge in [0.05, 0.1) is 18.4 Å². The molecule has 0 radical (unpaired) electrons. The lowest BCUT2D eigenvalue weighted by Crippen LogP contribution is -2.51. The molecule has 1 N–H and O–H groups in total. The predicted octanol–water partition coefficient (Wildman–Crippen LogP) is 1.77. The van der Waals surface area contributed by atoms with E-state index in [1.165, 1.54) is 7.11 Å². The van der Waals surface area contributed by atoms with Crippen LogP contribution < -0.4 is 5.32 Å². The van der Waals surface area contributed by atoms with Gasteiger partial charge < -0.3 is 19.9 Å². The van der Waals surface area contributed by atoms with Gasteiger partial charge in [-0.05, 0) is 24.3 Å². The van der Waals surface area contributed by atoms with Crippen molar-refractivity contribution >= 4 is 33.5 Å². The van der Waals surface area contributed by atoms with Gasteiger partial charge in [-0.25, -0.2) is 9.59 Å². The Morgan fingerprint density at radius 3 is 2.40 bits per heavy atom. The van der Waals surface area contributed by atoms with Gasteiger partial charge in [0, 0.05) is 31.7 Å². The van der Waals surface area contributed by atoms with E-state index in [0.717, 1.165) is 0 Å². The number of piperazine rings is 1. The molecule has 156 valence electrons. The molecular weight excluding hydrogens is 408 g/mol. The van der Waals surface area contributed by atoms with Crippen molar-refractivity contribution in [1.29, 1.82) is 0 Å². The van der Waals surface area contributed by atoms with Crippen LogP contribution in [-0.4, -0.2) is 69.3 Å². The molecule has 2 aromatic carbocycles. The van der Waals surface area contributed by atoms with Gasteiger partial charge in [0.25, 0.3) is 10.0 Å². The molecule has 0 spiro atoms. The molecule has 0 aromatic heterocycles. The molecule has 9 nitrogen and oxygen atoms in total.